The van der Waals surface area contributed by atoms with Crippen molar-refractivity contribution in [3.8, 4) is 11.5 Å². The van der Waals surface area contributed by atoms with Gasteiger partial charge in [-0.15, -0.1) is 0 Å². The van der Waals surface area contributed by atoms with Crippen LogP contribution in [0.15, 0.2) is 36.4 Å². The molecule has 0 amide bonds. The monoisotopic (exact) mass is 344 g/mol. The Morgan fingerprint density at radius 2 is 1.64 bits per heavy atom. The minimum atomic E-state index is -0.507. The Bertz CT molecular complexity index is 671. The van der Waals surface area contributed by atoms with Crippen LogP contribution in [0.1, 0.15) is 52.0 Å². The number of ether oxygens (including phenoxy) is 2. The van der Waals surface area contributed by atoms with E-state index >= 15 is 0 Å². The third-order valence-electron chi connectivity index (χ3n) is 3.18. The lowest BCUT2D eigenvalue weighted by Gasteiger charge is -2.09. The van der Waals surface area contributed by atoms with Crippen molar-refractivity contribution in [2.24, 2.45) is 0 Å². The molecule has 0 aliphatic heterocycles. The minimum absolute atomic E-state index is 0.101. The molecule has 0 unspecified atom stereocenters. The molecule has 5 nitrogen and oxygen atoms in total. The summed E-state index contributed by atoms with van der Waals surface area (Å²) in [6.45, 7) is 4.64. The van der Waals surface area contributed by atoms with Crippen molar-refractivity contribution in [2.45, 2.75) is 46.5 Å². The first-order valence-corrected chi connectivity index (χ1v) is 8.30. The number of hydrogen-bond donors (Lipinski definition) is 0. The lowest BCUT2D eigenvalue weighted by molar-refractivity contribution is -0.134. The van der Waals surface area contributed by atoms with Crippen LogP contribution in [0.25, 0.3) is 6.08 Å². The van der Waals surface area contributed by atoms with E-state index in [4.69, 9.17) is 9.47 Å². The average molecular weight is 344 g/mol. The average Bonchev–Trinajstić information content (AvgIpc) is 2.53. The summed E-state index contributed by atoms with van der Waals surface area (Å²) in [6.07, 6.45) is 10.3. The molecule has 0 N–H and O–H groups in total. The SMILES string of the molecule is CCCCCC(=O)C=CC=Cc1ccc(OC(C)=O)c(OC(C)=O)c1. The molecule has 5 heteroatoms. The molecule has 0 saturated carbocycles. The molecule has 0 radical (unpaired) electrons. The fraction of sp³-hybridized carbons (Fsp3) is 0.350. The van der Waals surface area contributed by atoms with E-state index in [0.717, 1.165) is 24.8 Å². The number of benzene rings is 1. The zero-order valence-corrected chi connectivity index (χ0v) is 14.9. The van der Waals surface area contributed by atoms with Crippen LogP contribution < -0.4 is 9.47 Å². The molecule has 0 aliphatic rings. The Balaban J connectivity index is 2.76. The lowest BCUT2D eigenvalue weighted by Crippen LogP contribution is -2.07. The predicted octanol–water partition coefficient (Wildman–Crippen LogP) is 4.26. The number of carbonyl (C=O) groups is 3. The summed E-state index contributed by atoms with van der Waals surface area (Å²) < 4.78 is 10.1. The number of unbranched alkanes of at least 4 members (excludes halogenated alkanes) is 2. The van der Waals surface area contributed by atoms with Crippen molar-refractivity contribution >= 4 is 23.8 Å². The number of esters is 2. The molecule has 0 spiro atoms. The highest BCUT2D eigenvalue weighted by Gasteiger charge is 2.10. The fourth-order valence-corrected chi connectivity index (χ4v) is 2.06. The van der Waals surface area contributed by atoms with Gasteiger partial charge in [0.2, 0.25) is 0 Å². The van der Waals surface area contributed by atoms with E-state index in [-0.39, 0.29) is 17.3 Å². The molecule has 0 atom stereocenters. The molecule has 0 heterocycles. The molecule has 0 bridgehead atoms. The highest BCUT2D eigenvalue weighted by Crippen LogP contribution is 2.29. The Labute approximate surface area is 148 Å². The molecule has 25 heavy (non-hydrogen) atoms. The standard InChI is InChI=1S/C20H24O5/c1-4-5-6-10-18(23)11-8-7-9-17-12-13-19(24-15(2)21)20(14-17)25-16(3)22/h7-9,11-14H,4-6,10H2,1-3H3. The van der Waals surface area contributed by atoms with Gasteiger partial charge in [0.25, 0.3) is 0 Å². The Kier molecular flexibility index (Phi) is 8.93. The summed E-state index contributed by atoms with van der Waals surface area (Å²) in [5, 5.41) is 0. The number of allylic oxidation sites excluding steroid dienone is 3. The van der Waals surface area contributed by atoms with E-state index in [1.54, 1.807) is 42.5 Å². The van der Waals surface area contributed by atoms with Crippen molar-refractivity contribution in [2.75, 3.05) is 0 Å². The van der Waals surface area contributed by atoms with Gasteiger partial charge < -0.3 is 9.47 Å². The molecule has 1 aromatic rings. The minimum Gasteiger partial charge on any atom is -0.423 e. The molecule has 0 aromatic heterocycles. The van der Waals surface area contributed by atoms with Crippen LogP contribution in [0.5, 0.6) is 11.5 Å². The van der Waals surface area contributed by atoms with Crippen LogP contribution in [0, 0.1) is 0 Å². The van der Waals surface area contributed by atoms with Crippen molar-refractivity contribution < 1.29 is 23.9 Å². The van der Waals surface area contributed by atoms with E-state index in [2.05, 4.69) is 6.92 Å². The fourth-order valence-electron chi connectivity index (χ4n) is 2.06. The van der Waals surface area contributed by atoms with E-state index in [9.17, 15) is 14.4 Å². The van der Waals surface area contributed by atoms with Gasteiger partial charge in [0.1, 0.15) is 0 Å². The lowest BCUT2D eigenvalue weighted by atomic mass is 10.1. The maximum atomic E-state index is 11.6. The van der Waals surface area contributed by atoms with Gasteiger partial charge in [-0.3, -0.25) is 14.4 Å². The van der Waals surface area contributed by atoms with E-state index in [0.29, 0.717) is 6.42 Å². The molecule has 1 aromatic carbocycles. The van der Waals surface area contributed by atoms with Crippen LogP contribution in [0.2, 0.25) is 0 Å². The van der Waals surface area contributed by atoms with Crippen molar-refractivity contribution in [3.63, 3.8) is 0 Å². The normalized spacial score (nSPS) is 11.0. The summed E-state index contributed by atoms with van der Waals surface area (Å²) in [7, 11) is 0. The zero-order chi connectivity index (χ0) is 18.7. The number of rotatable bonds is 9. The number of ketones is 1. The maximum Gasteiger partial charge on any atom is 0.308 e. The van der Waals surface area contributed by atoms with Gasteiger partial charge in [-0.25, -0.2) is 0 Å². The van der Waals surface area contributed by atoms with Crippen LogP contribution in [-0.2, 0) is 14.4 Å². The second-order valence-electron chi connectivity index (χ2n) is 5.54. The first-order valence-electron chi connectivity index (χ1n) is 8.30. The summed E-state index contributed by atoms with van der Waals surface area (Å²) in [6, 6.07) is 4.87. The van der Waals surface area contributed by atoms with Crippen LogP contribution >= 0.6 is 0 Å². The summed E-state index contributed by atoms with van der Waals surface area (Å²) in [5.41, 5.74) is 0.746. The number of hydrogen-bond acceptors (Lipinski definition) is 5. The molecule has 0 aliphatic carbocycles. The Morgan fingerprint density at radius 3 is 2.28 bits per heavy atom. The summed E-state index contributed by atoms with van der Waals surface area (Å²) in [5.74, 6) is -0.553. The molecule has 0 fully saturated rings. The van der Waals surface area contributed by atoms with Gasteiger partial charge in [-0.05, 0) is 30.2 Å². The second kappa shape index (κ2) is 11.0. The van der Waals surface area contributed by atoms with Crippen molar-refractivity contribution in [1.82, 2.24) is 0 Å². The van der Waals surface area contributed by atoms with E-state index in [1.165, 1.54) is 13.8 Å². The Hall–Kier alpha value is -2.69. The van der Waals surface area contributed by atoms with E-state index < -0.39 is 11.9 Å². The quantitative estimate of drug-likeness (QED) is 0.220. The first-order chi connectivity index (χ1) is 11.9. The largest absolute Gasteiger partial charge is 0.423 e. The highest BCUT2D eigenvalue weighted by molar-refractivity contribution is 5.89. The smallest absolute Gasteiger partial charge is 0.308 e. The summed E-state index contributed by atoms with van der Waals surface area (Å²) in [4.78, 5) is 33.9. The van der Waals surface area contributed by atoms with Gasteiger partial charge in [0.15, 0.2) is 17.3 Å². The van der Waals surface area contributed by atoms with Gasteiger partial charge in [-0.2, -0.15) is 0 Å². The zero-order valence-electron chi connectivity index (χ0n) is 14.9. The molecule has 1 rings (SSSR count). The molecular formula is C20H24O5. The van der Waals surface area contributed by atoms with Gasteiger partial charge in [0.05, 0.1) is 0 Å². The molecular weight excluding hydrogens is 320 g/mol. The van der Waals surface area contributed by atoms with Crippen LogP contribution in [-0.4, -0.2) is 17.7 Å². The molecule has 0 saturated heterocycles. The van der Waals surface area contributed by atoms with Crippen LogP contribution in [0.4, 0.5) is 0 Å². The molecule has 134 valence electrons. The third-order valence-corrected chi connectivity index (χ3v) is 3.18. The first kappa shape index (κ1) is 20.4. The second-order valence-corrected chi connectivity index (χ2v) is 5.54. The van der Waals surface area contributed by atoms with Crippen molar-refractivity contribution in [3.05, 3.63) is 42.0 Å². The Morgan fingerprint density at radius 1 is 0.960 bits per heavy atom. The van der Waals surface area contributed by atoms with Gasteiger partial charge in [-0.1, -0.05) is 44.1 Å². The summed E-state index contributed by atoms with van der Waals surface area (Å²) >= 11 is 0. The van der Waals surface area contributed by atoms with Crippen LogP contribution in [0.3, 0.4) is 0 Å². The van der Waals surface area contributed by atoms with Gasteiger partial charge >= 0.3 is 11.9 Å². The van der Waals surface area contributed by atoms with Gasteiger partial charge in [0, 0.05) is 20.3 Å². The topological polar surface area (TPSA) is 69.7 Å². The third kappa shape index (κ3) is 8.65. The maximum absolute atomic E-state index is 11.6. The number of carbonyl (C=O) groups excluding carboxylic acids is 3. The predicted molar refractivity (Wildman–Crippen MR) is 96.4 cm³/mol. The van der Waals surface area contributed by atoms with E-state index in [1.807, 2.05) is 0 Å². The highest BCUT2D eigenvalue weighted by atomic mass is 16.6. The van der Waals surface area contributed by atoms with Crippen molar-refractivity contribution in [1.29, 1.82) is 0 Å².